The fourth-order valence-corrected chi connectivity index (χ4v) is 1.66. The molecule has 2 aromatic rings. The molecule has 0 saturated heterocycles. The lowest BCUT2D eigenvalue weighted by Gasteiger charge is -2.06. The zero-order valence-electron chi connectivity index (χ0n) is 9.78. The topological polar surface area (TPSA) is 74.1 Å². The molecule has 0 spiro atoms. The SMILES string of the molecule is O=S(=O)(OCc1cnn(-c2ccccc2)n1)C(F)(F)F. The molecule has 0 unspecified atom stereocenters. The summed E-state index contributed by atoms with van der Waals surface area (Å²) in [6, 6.07) is 8.58. The van der Waals surface area contributed by atoms with Crippen LogP contribution in [0.15, 0.2) is 36.5 Å². The summed E-state index contributed by atoms with van der Waals surface area (Å²) in [5.74, 6) is 0. The normalized spacial score (nSPS) is 12.6. The van der Waals surface area contributed by atoms with Crippen LogP contribution >= 0.6 is 0 Å². The van der Waals surface area contributed by atoms with Crippen LogP contribution in [0.2, 0.25) is 0 Å². The highest BCUT2D eigenvalue weighted by Gasteiger charge is 2.47. The van der Waals surface area contributed by atoms with Gasteiger partial charge in [-0.1, -0.05) is 18.2 Å². The molecular weight excluding hydrogens is 299 g/mol. The fraction of sp³-hybridized carbons (Fsp3) is 0.200. The van der Waals surface area contributed by atoms with Gasteiger partial charge in [0.2, 0.25) is 0 Å². The smallest absolute Gasteiger partial charge is 0.257 e. The summed E-state index contributed by atoms with van der Waals surface area (Å²) >= 11 is 0. The zero-order valence-corrected chi connectivity index (χ0v) is 10.6. The average molecular weight is 307 g/mol. The van der Waals surface area contributed by atoms with Crippen LogP contribution in [0.1, 0.15) is 5.69 Å². The fourth-order valence-electron chi connectivity index (χ4n) is 1.25. The summed E-state index contributed by atoms with van der Waals surface area (Å²) in [6.07, 6.45) is 1.12. The number of nitrogens with zero attached hydrogens (tertiary/aromatic N) is 3. The van der Waals surface area contributed by atoms with Crippen LogP contribution in [0.5, 0.6) is 0 Å². The van der Waals surface area contributed by atoms with E-state index in [4.69, 9.17) is 0 Å². The van der Waals surface area contributed by atoms with Crippen LogP contribution < -0.4 is 0 Å². The molecule has 0 fully saturated rings. The average Bonchev–Trinajstić information content (AvgIpc) is 2.85. The third-order valence-electron chi connectivity index (χ3n) is 2.17. The summed E-state index contributed by atoms with van der Waals surface area (Å²) in [6.45, 7) is -0.839. The number of halogens is 3. The van der Waals surface area contributed by atoms with Crippen LogP contribution in [0.3, 0.4) is 0 Å². The van der Waals surface area contributed by atoms with E-state index < -0.39 is 22.2 Å². The quantitative estimate of drug-likeness (QED) is 0.634. The van der Waals surface area contributed by atoms with Gasteiger partial charge in [-0.3, -0.25) is 4.18 Å². The summed E-state index contributed by atoms with van der Waals surface area (Å²) in [7, 11) is -5.63. The van der Waals surface area contributed by atoms with Gasteiger partial charge in [0.25, 0.3) is 0 Å². The van der Waals surface area contributed by atoms with Crippen molar-refractivity contribution in [2.75, 3.05) is 0 Å². The van der Waals surface area contributed by atoms with Gasteiger partial charge in [-0.05, 0) is 12.1 Å². The number of hydrogen-bond donors (Lipinski definition) is 0. The summed E-state index contributed by atoms with van der Waals surface area (Å²) in [4.78, 5) is 1.15. The molecule has 20 heavy (non-hydrogen) atoms. The second-order valence-electron chi connectivity index (χ2n) is 3.62. The van der Waals surface area contributed by atoms with E-state index in [1.807, 2.05) is 0 Å². The Morgan fingerprint density at radius 3 is 2.45 bits per heavy atom. The third-order valence-corrected chi connectivity index (χ3v) is 3.17. The highest BCUT2D eigenvalue weighted by Crippen LogP contribution is 2.25. The number of alkyl halides is 3. The van der Waals surface area contributed by atoms with E-state index in [1.54, 1.807) is 30.3 Å². The molecule has 0 amide bonds. The largest absolute Gasteiger partial charge is 0.523 e. The van der Waals surface area contributed by atoms with Crippen molar-refractivity contribution in [3.05, 3.63) is 42.2 Å². The molecule has 6 nitrogen and oxygen atoms in total. The number of rotatable bonds is 4. The van der Waals surface area contributed by atoms with Crippen LogP contribution in [0.4, 0.5) is 13.2 Å². The van der Waals surface area contributed by atoms with Crippen LogP contribution in [0, 0.1) is 0 Å². The Morgan fingerprint density at radius 2 is 1.85 bits per heavy atom. The Balaban J connectivity index is 2.08. The minimum absolute atomic E-state index is 0.0401. The van der Waals surface area contributed by atoms with E-state index in [9.17, 15) is 21.6 Å². The molecule has 0 aliphatic carbocycles. The van der Waals surface area contributed by atoms with Gasteiger partial charge in [0.1, 0.15) is 12.3 Å². The molecule has 2 rings (SSSR count). The molecule has 0 aliphatic heterocycles. The minimum atomic E-state index is -5.63. The predicted molar refractivity (Wildman–Crippen MR) is 61.1 cm³/mol. The summed E-state index contributed by atoms with van der Waals surface area (Å²) in [5, 5.41) is 7.61. The maximum Gasteiger partial charge on any atom is 0.523 e. The predicted octanol–water partition coefficient (Wildman–Crippen LogP) is 1.63. The van der Waals surface area contributed by atoms with Crippen molar-refractivity contribution in [1.82, 2.24) is 15.0 Å². The summed E-state index contributed by atoms with van der Waals surface area (Å²) in [5.41, 5.74) is -4.92. The lowest BCUT2D eigenvalue weighted by Crippen LogP contribution is -2.25. The molecule has 0 saturated carbocycles. The number of para-hydroxylation sites is 1. The van der Waals surface area contributed by atoms with Crippen molar-refractivity contribution in [3.63, 3.8) is 0 Å². The number of aromatic nitrogens is 3. The second kappa shape index (κ2) is 5.21. The monoisotopic (exact) mass is 307 g/mol. The van der Waals surface area contributed by atoms with Crippen molar-refractivity contribution in [3.8, 4) is 5.69 Å². The Kier molecular flexibility index (Phi) is 3.77. The van der Waals surface area contributed by atoms with Crippen LogP contribution in [-0.4, -0.2) is 28.9 Å². The minimum Gasteiger partial charge on any atom is -0.257 e. The van der Waals surface area contributed by atoms with Crippen LogP contribution in [0.25, 0.3) is 5.69 Å². The van der Waals surface area contributed by atoms with E-state index >= 15 is 0 Å². The van der Waals surface area contributed by atoms with Gasteiger partial charge in [-0.15, -0.1) is 0 Å². The van der Waals surface area contributed by atoms with Gasteiger partial charge in [-0.25, -0.2) is 0 Å². The molecule has 0 atom stereocenters. The van der Waals surface area contributed by atoms with Gasteiger partial charge in [0, 0.05) is 0 Å². The van der Waals surface area contributed by atoms with Crippen LogP contribution in [-0.2, 0) is 20.9 Å². The summed E-state index contributed by atoms with van der Waals surface area (Å²) < 4.78 is 61.4. The maximum atomic E-state index is 12.1. The van der Waals surface area contributed by atoms with Crippen molar-refractivity contribution in [2.45, 2.75) is 12.1 Å². The third kappa shape index (κ3) is 3.14. The first-order valence-electron chi connectivity index (χ1n) is 5.22. The highest BCUT2D eigenvalue weighted by molar-refractivity contribution is 7.87. The van der Waals surface area contributed by atoms with Gasteiger partial charge < -0.3 is 0 Å². The van der Waals surface area contributed by atoms with E-state index in [-0.39, 0.29) is 5.69 Å². The Labute approximate surface area is 111 Å². The highest BCUT2D eigenvalue weighted by atomic mass is 32.2. The molecule has 0 N–H and O–H groups in total. The van der Waals surface area contributed by atoms with Gasteiger partial charge in [0.15, 0.2) is 0 Å². The Hall–Kier alpha value is -1.94. The molecule has 1 aromatic carbocycles. The van der Waals surface area contributed by atoms with E-state index in [1.165, 1.54) is 0 Å². The first-order chi connectivity index (χ1) is 9.29. The lowest BCUT2D eigenvalue weighted by atomic mass is 10.3. The number of benzene rings is 1. The van der Waals surface area contributed by atoms with Crippen molar-refractivity contribution in [2.24, 2.45) is 0 Å². The number of hydrogen-bond acceptors (Lipinski definition) is 5. The van der Waals surface area contributed by atoms with Crippen molar-refractivity contribution < 1.29 is 25.8 Å². The lowest BCUT2D eigenvalue weighted by molar-refractivity contribution is -0.0548. The molecule has 0 radical (unpaired) electrons. The van der Waals surface area contributed by atoms with Gasteiger partial charge >= 0.3 is 15.6 Å². The first kappa shape index (κ1) is 14.5. The maximum absolute atomic E-state index is 12.1. The zero-order chi connectivity index (χ0) is 14.8. The molecule has 10 heteroatoms. The van der Waals surface area contributed by atoms with Gasteiger partial charge in [0.05, 0.1) is 11.9 Å². The van der Waals surface area contributed by atoms with Crippen molar-refractivity contribution in [1.29, 1.82) is 0 Å². The van der Waals surface area contributed by atoms with E-state index in [0.29, 0.717) is 5.69 Å². The van der Waals surface area contributed by atoms with E-state index in [0.717, 1.165) is 11.0 Å². The molecule has 0 aliphatic rings. The Bertz CT molecular complexity index is 683. The standard InChI is InChI=1S/C10H8F3N3O3S/c11-10(12,13)20(17,18)19-7-8-6-14-16(15-8)9-4-2-1-3-5-9/h1-6H,7H2. The molecular formula is C10H8F3N3O3S. The first-order valence-corrected chi connectivity index (χ1v) is 6.63. The molecule has 0 bridgehead atoms. The Morgan fingerprint density at radius 1 is 1.20 bits per heavy atom. The molecule has 1 aromatic heterocycles. The van der Waals surface area contributed by atoms with E-state index in [2.05, 4.69) is 14.4 Å². The molecule has 108 valence electrons. The second-order valence-corrected chi connectivity index (χ2v) is 5.23. The van der Waals surface area contributed by atoms with Gasteiger partial charge in [-0.2, -0.15) is 36.6 Å². The molecule has 1 heterocycles. The van der Waals surface area contributed by atoms with Crippen molar-refractivity contribution >= 4 is 10.1 Å².